The molecule has 3 rings (SSSR count). The molecule has 1 aromatic carbocycles. The second kappa shape index (κ2) is 8.78. The number of nitrogens with one attached hydrogen (secondary N) is 1. The summed E-state index contributed by atoms with van der Waals surface area (Å²) in [5, 5.41) is 15.5. The number of thioether (sulfide) groups is 1. The van der Waals surface area contributed by atoms with Crippen LogP contribution in [0, 0.1) is 27.7 Å². The minimum absolute atomic E-state index is 0.157. The average Bonchev–Trinajstić information content (AvgIpc) is 3.15. The Kier molecular flexibility index (Phi) is 6.35. The Morgan fingerprint density at radius 2 is 2.00 bits per heavy atom. The van der Waals surface area contributed by atoms with E-state index in [1.165, 1.54) is 22.0 Å². The highest BCUT2D eigenvalue weighted by molar-refractivity contribution is 8.00. The third kappa shape index (κ3) is 4.59. The molecule has 2 aromatic heterocycles. The van der Waals surface area contributed by atoms with Gasteiger partial charge in [0, 0.05) is 7.05 Å². The number of aryl methyl sites for hydroxylation is 4. The predicted molar refractivity (Wildman–Crippen MR) is 117 cm³/mol. The standard InChI is InChI=1S/C20H27N7O2S/c1-11-7-8-16(12(2)9-11)29-10-17-23-24-20(27(17)21)30-15(5)19(28)22-18-13(3)25-26(6)14(18)4/h7-9,15H,10,21H2,1-6H3,(H,22,28)/t15-/m0/s1. The van der Waals surface area contributed by atoms with E-state index in [4.69, 9.17) is 10.6 Å². The SMILES string of the molecule is Cc1ccc(OCc2nnc(S[C@@H](C)C(=O)Nc3c(C)nn(C)c3C)n2N)c(C)c1. The van der Waals surface area contributed by atoms with Gasteiger partial charge in [-0.2, -0.15) is 5.10 Å². The van der Waals surface area contributed by atoms with Crippen LogP contribution in [0.1, 0.15) is 35.3 Å². The number of carbonyl (C=O) groups excluding carboxylic acids is 1. The van der Waals surface area contributed by atoms with Gasteiger partial charge >= 0.3 is 0 Å². The van der Waals surface area contributed by atoms with Crippen molar-refractivity contribution in [3.8, 4) is 5.75 Å². The Morgan fingerprint density at radius 1 is 1.27 bits per heavy atom. The van der Waals surface area contributed by atoms with Crippen LogP contribution in [-0.4, -0.2) is 35.8 Å². The fourth-order valence-electron chi connectivity index (χ4n) is 2.98. The molecular formula is C20H27N7O2S. The molecule has 1 atom stereocenters. The van der Waals surface area contributed by atoms with Gasteiger partial charge in [-0.1, -0.05) is 29.5 Å². The maximum Gasteiger partial charge on any atom is 0.237 e. The van der Waals surface area contributed by atoms with Crippen molar-refractivity contribution in [3.05, 3.63) is 46.5 Å². The number of hydrogen-bond donors (Lipinski definition) is 2. The number of nitrogens with zero attached hydrogens (tertiary/aromatic N) is 5. The van der Waals surface area contributed by atoms with Gasteiger partial charge in [0.05, 0.1) is 22.3 Å². The third-order valence-electron chi connectivity index (χ3n) is 4.83. The van der Waals surface area contributed by atoms with Gasteiger partial charge < -0.3 is 15.9 Å². The zero-order chi connectivity index (χ0) is 22.0. The van der Waals surface area contributed by atoms with E-state index in [9.17, 15) is 4.79 Å². The summed E-state index contributed by atoms with van der Waals surface area (Å²) in [6.07, 6.45) is 0. The van der Waals surface area contributed by atoms with Crippen molar-refractivity contribution >= 4 is 23.4 Å². The molecule has 0 spiro atoms. The smallest absolute Gasteiger partial charge is 0.237 e. The van der Waals surface area contributed by atoms with Crippen LogP contribution in [0.15, 0.2) is 23.4 Å². The second-order valence-electron chi connectivity index (χ2n) is 7.25. The molecule has 0 aliphatic rings. The summed E-state index contributed by atoms with van der Waals surface area (Å²) in [7, 11) is 1.84. The lowest BCUT2D eigenvalue weighted by atomic mass is 10.1. The quantitative estimate of drug-likeness (QED) is 0.438. The van der Waals surface area contributed by atoms with Crippen LogP contribution in [0.3, 0.4) is 0 Å². The summed E-state index contributed by atoms with van der Waals surface area (Å²) in [5.74, 6) is 7.22. The van der Waals surface area contributed by atoms with E-state index in [0.29, 0.717) is 11.0 Å². The molecule has 9 nitrogen and oxygen atoms in total. The molecule has 0 aliphatic heterocycles. The van der Waals surface area contributed by atoms with Gasteiger partial charge in [0.25, 0.3) is 0 Å². The van der Waals surface area contributed by atoms with Gasteiger partial charge in [-0.3, -0.25) is 9.48 Å². The topological polar surface area (TPSA) is 113 Å². The van der Waals surface area contributed by atoms with Crippen LogP contribution in [0.2, 0.25) is 0 Å². The highest BCUT2D eigenvalue weighted by atomic mass is 32.2. The van der Waals surface area contributed by atoms with Crippen LogP contribution >= 0.6 is 11.8 Å². The molecule has 0 radical (unpaired) electrons. The van der Waals surface area contributed by atoms with Crippen LogP contribution in [0.5, 0.6) is 5.75 Å². The van der Waals surface area contributed by atoms with Crippen LogP contribution in [0.25, 0.3) is 0 Å². The Hall–Kier alpha value is -3.01. The Bertz CT molecular complexity index is 1070. The van der Waals surface area contributed by atoms with Gasteiger partial charge in [0.2, 0.25) is 11.1 Å². The zero-order valence-corrected chi connectivity index (χ0v) is 18.9. The molecule has 2 heterocycles. The number of ether oxygens (including phenoxy) is 1. The molecule has 0 aliphatic carbocycles. The maximum absolute atomic E-state index is 12.6. The number of carbonyl (C=O) groups is 1. The molecule has 0 saturated carbocycles. The summed E-state index contributed by atoms with van der Waals surface area (Å²) in [6.45, 7) is 9.77. The molecule has 3 N–H and O–H groups in total. The second-order valence-corrected chi connectivity index (χ2v) is 8.55. The third-order valence-corrected chi connectivity index (χ3v) is 5.89. The number of nitrogens with two attached hydrogens (primary N) is 1. The molecule has 0 saturated heterocycles. The van der Waals surface area contributed by atoms with E-state index in [-0.39, 0.29) is 12.5 Å². The van der Waals surface area contributed by atoms with Gasteiger partial charge in [0.1, 0.15) is 12.4 Å². The zero-order valence-electron chi connectivity index (χ0n) is 18.1. The first-order valence-corrected chi connectivity index (χ1v) is 10.4. The van der Waals surface area contributed by atoms with Crippen molar-refractivity contribution in [2.45, 2.75) is 51.6 Å². The van der Waals surface area contributed by atoms with Crippen LogP contribution in [-0.2, 0) is 18.4 Å². The fraction of sp³-hybridized carbons (Fsp3) is 0.400. The molecule has 10 heteroatoms. The van der Waals surface area contributed by atoms with Crippen molar-refractivity contribution in [2.75, 3.05) is 11.2 Å². The first-order valence-electron chi connectivity index (χ1n) is 9.54. The molecule has 1 amide bonds. The van der Waals surface area contributed by atoms with Crippen molar-refractivity contribution in [1.82, 2.24) is 24.7 Å². The lowest BCUT2D eigenvalue weighted by molar-refractivity contribution is -0.115. The summed E-state index contributed by atoms with van der Waals surface area (Å²) in [5.41, 5.74) is 4.61. The van der Waals surface area contributed by atoms with E-state index in [1.54, 1.807) is 11.6 Å². The Labute approximate surface area is 180 Å². The molecule has 0 fully saturated rings. The minimum Gasteiger partial charge on any atom is -0.485 e. The lowest BCUT2D eigenvalue weighted by Crippen LogP contribution is -2.24. The van der Waals surface area contributed by atoms with Crippen molar-refractivity contribution < 1.29 is 9.53 Å². The number of nitrogen functional groups attached to an aromatic ring is 1. The van der Waals surface area contributed by atoms with E-state index < -0.39 is 5.25 Å². The number of rotatable bonds is 7. The van der Waals surface area contributed by atoms with Crippen LogP contribution in [0.4, 0.5) is 5.69 Å². The number of benzene rings is 1. The van der Waals surface area contributed by atoms with Gasteiger partial charge in [-0.25, -0.2) is 4.68 Å². The highest BCUT2D eigenvalue weighted by Gasteiger charge is 2.22. The van der Waals surface area contributed by atoms with Gasteiger partial charge in [-0.05, 0) is 46.2 Å². The first kappa shape index (κ1) is 21.7. The number of anilines is 1. The maximum atomic E-state index is 12.6. The monoisotopic (exact) mass is 429 g/mol. The molecule has 0 bridgehead atoms. The average molecular weight is 430 g/mol. The van der Waals surface area contributed by atoms with E-state index in [1.807, 2.05) is 46.9 Å². The molecule has 160 valence electrons. The summed E-state index contributed by atoms with van der Waals surface area (Å²) in [4.78, 5) is 12.6. The lowest BCUT2D eigenvalue weighted by Gasteiger charge is -2.12. The Morgan fingerprint density at radius 3 is 2.63 bits per heavy atom. The van der Waals surface area contributed by atoms with Crippen molar-refractivity contribution in [3.63, 3.8) is 0 Å². The highest BCUT2D eigenvalue weighted by Crippen LogP contribution is 2.25. The molecule has 3 aromatic rings. The largest absolute Gasteiger partial charge is 0.485 e. The summed E-state index contributed by atoms with van der Waals surface area (Å²) in [6, 6.07) is 5.96. The summed E-state index contributed by atoms with van der Waals surface area (Å²) >= 11 is 1.23. The number of amides is 1. The predicted octanol–water partition coefficient (Wildman–Crippen LogP) is 2.66. The minimum atomic E-state index is -0.427. The normalized spacial score (nSPS) is 12.1. The van der Waals surface area contributed by atoms with Crippen molar-refractivity contribution in [1.29, 1.82) is 0 Å². The van der Waals surface area contributed by atoms with Gasteiger partial charge in [-0.15, -0.1) is 10.2 Å². The Balaban J connectivity index is 1.63. The summed E-state index contributed by atoms with van der Waals surface area (Å²) < 4.78 is 8.93. The van der Waals surface area contributed by atoms with E-state index >= 15 is 0 Å². The fourth-order valence-corrected chi connectivity index (χ4v) is 3.77. The number of aromatic nitrogens is 5. The van der Waals surface area contributed by atoms with Crippen molar-refractivity contribution in [2.24, 2.45) is 7.05 Å². The van der Waals surface area contributed by atoms with E-state index in [0.717, 1.165) is 28.4 Å². The van der Waals surface area contributed by atoms with Gasteiger partial charge in [0.15, 0.2) is 5.82 Å². The first-order chi connectivity index (χ1) is 14.2. The molecule has 30 heavy (non-hydrogen) atoms. The van der Waals surface area contributed by atoms with Crippen LogP contribution < -0.4 is 15.9 Å². The molecule has 0 unspecified atom stereocenters. The van der Waals surface area contributed by atoms with E-state index in [2.05, 4.69) is 26.7 Å². The molecular weight excluding hydrogens is 402 g/mol. The number of hydrogen-bond acceptors (Lipinski definition) is 7.